The van der Waals surface area contributed by atoms with Crippen LogP contribution < -0.4 is 4.90 Å². The summed E-state index contributed by atoms with van der Waals surface area (Å²) in [4.78, 5) is 11.5. The summed E-state index contributed by atoms with van der Waals surface area (Å²) in [6.45, 7) is 5.37. The second-order valence-corrected chi connectivity index (χ2v) is 9.18. The minimum absolute atomic E-state index is 0.333. The molecule has 0 N–H and O–H groups in total. The fourth-order valence-corrected chi connectivity index (χ4v) is 4.92. The summed E-state index contributed by atoms with van der Waals surface area (Å²) in [6, 6.07) is 5.03. The van der Waals surface area contributed by atoms with Gasteiger partial charge in [0.15, 0.2) is 0 Å². The van der Waals surface area contributed by atoms with Crippen LogP contribution in [0.2, 0.25) is 0 Å². The molecule has 0 spiro atoms. The minimum atomic E-state index is -0.358. The summed E-state index contributed by atoms with van der Waals surface area (Å²) in [7, 11) is 0. The zero-order chi connectivity index (χ0) is 22.6. The molecule has 0 bridgehead atoms. The Morgan fingerprint density at radius 2 is 1.94 bits per heavy atom. The van der Waals surface area contributed by atoms with Gasteiger partial charge >= 0.3 is 0 Å². The monoisotopic (exact) mass is 451 g/mol. The van der Waals surface area contributed by atoms with Crippen LogP contribution >= 0.6 is 0 Å². The number of ether oxygens (including phenoxy) is 1. The molecule has 2 atom stereocenters. The lowest BCUT2D eigenvalue weighted by Crippen LogP contribution is -2.35. The Morgan fingerprint density at radius 1 is 1.12 bits per heavy atom. The van der Waals surface area contributed by atoms with E-state index < -0.39 is 0 Å². The van der Waals surface area contributed by atoms with Gasteiger partial charge in [-0.3, -0.25) is 0 Å². The molecule has 2 aromatic heterocycles. The molecule has 1 aliphatic heterocycles. The number of anilines is 1. The van der Waals surface area contributed by atoms with Crippen LogP contribution in [0.1, 0.15) is 43.7 Å². The SMILES string of the molecule is CCCc1cnc(N2CCC([C@H]3C[C@H]3COCc3ccc(-n4cnnn4)c(F)c3)CC2)nc1. The van der Waals surface area contributed by atoms with Crippen LogP contribution in [0.4, 0.5) is 10.3 Å². The topological polar surface area (TPSA) is 81.9 Å². The highest BCUT2D eigenvalue weighted by Crippen LogP contribution is 2.48. The van der Waals surface area contributed by atoms with Gasteiger partial charge in [0.2, 0.25) is 5.95 Å². The molecule has 9 heteroatoms. The van der Waals surface area contributed by atoms with E-state index in [1.54, 1.807) is 6.07 Å². The fraction of sp³-hybridized carbons (Fsp3) is 0.542. The summed E-state index contributed by atoms with van der Waals surface area (Å²) < 4.78 is 21.6. The largest absolute Gasteiger partial charge is 0.376 e. The van der Waals surface area contributed by atoms with Crippen molar-refractivity contribution in [2.45, 2.75) is 45.6 Å². The number of rotatable bonds is 9. The van der Waals surface area contributed by atoms with Crippen molar-refractivity contribution >= 4 is 5.95 Å². The second kappa shape index (κ2) is 9.91. The van der Waals surface area contributed by atoms with Gasteiger partial charge in [-0.25, -0.2) is 14.4 Å². The van der Waals surface area contributed by atoms with Gasteiger partial charge < -0.3 is 9.64 Å². The van der Waals surface area contributed by atoms with Gasteiger partial charge in [0.05, 0.1) is 13.2 Å². The number of aryl methyl sites for hydroxylation is 1. The van der Waals surface area contributed by atoms with E-state index in [0.717, 1.165) is 55.9 Å². The lowest BCUT2D eigenvalue weighted by molar-refractivity contribution is 0.104. The molecule has 1 aromatic carbocycles. The van der Waals surface area contributed by atoms with Crippen molar-refractivity contribution < 1.29 is 9.13 Å². The van der Waals surface area contributed by atoms with Gasteiger partial charge in [0, 0.05) is 25.5 Å². The van der Waals surface area contributed by atoms with Crippen molar-refractivity contribution in [1.29, 1.82) is 0 Å². The highest BCUT2D eigenvalue weighted by Gasteiger charge is 2.43. The molecular weight excluding hydrogens is 421 g/mol. The van der Waals surface area contributed by atoms with Crippen molar-refractivity contribution in [1.82, 2.24) is 30.2 Å². The van der Waals surface area contributed by atoms with Crippen LogP contribution in [-0.2, 0) is 17.8 Å². The normalized spacial score (nSPS) is 20.8. The van der Waals surface area contributed by atoms with Crippen LogP contribution in [0.3, 0.4) is 0 Å². The molecule has 8 nitrogen and oxygen atoms in total. The molecule has 1 saturated carbocycles. The third-order valence-electron chi connectivity index (χ3n) is 6.84. The number of nitrogens with zero attached hydrogens (tertiary/aromatic N) is 7. The fourth-order valence-electron chi connectivity index (χ4n) is 4.92. The van der Waals surface area contributed by atoms with Crippen LogP contribution in [0.25, 0.3) is 5.69 Å². The minimum Gasteiger partial charge on any atom is -0.376 e. The predicted molar refractivity (Wildman–Crippen MR) is 121 cm³/mol. The van der Waals surface area contributed by atoms with E-state index in [9.17, 15) is 4.39 Å². The van der Waals surface area contributed by atoms with Crippen LogP contribution in [0.5, 0.6) is 0 Å². The third-order valence-corrected chi connectivity index (χ3v) is 6.84. The van der Waals surface area contributed by atoms with Crippen molar-refractivity contribution in [2.24, 2.45) is 17.8 Å². The maximum Gasteiger partial charge on any atom is 0.225 e. The predicted octanol–water partition coefficient (Wildman–Crippen LogP) is 3.61. The first-order valence-corrected chi connectivity index (χ1v) is 11.9. The molecule has 0 radical (unpaired) electrons. The Morgan fingerprint density at radius 3 is 2.64 bits per heavy atom. The lowest BCUT2D eigenvalue weighted by atomic mass is 9.91. The smallest absolute Gasteiger partial charge is 0.225 e. The van der Waals surface area contributed by atoms with Gasteiger partial charge in [0.25, 0.3) is 0 Å². The lowest BCUT2D eigenvalue weighted by Gasteiger charge is -2.32. The van der Waals surface area contributed by atoms with Gasteiger partial charge in [-0.05, 0) is 77.1 Å². The van der Waals surface area contributed by atoms with E-state index in [4.69, 9.17) is 4.74 Å². The highest BCUT2D eigenvalue weighted by atomic mass is 19.1. The Balaban J connectivity index is 1.04. The van der Waals surface area contributed by atoms with Crippen molar-refractivity contribution in [3.8, 4) is 5.69 Å². The number of halogens is 1. The quantitative estimate of drug-likeness (QED) is 0.491. The van der Waals surface area contributed by atoms with E-state index in [1.807, 2.05) is 18.5 Å². The van der Waals surface area contributed by atoms with E-state index in [1.165, 1.54) is 41.9 Å². The molecule has 33 heavy (non-hydrogen) atoms. The first kappa shape index (κ1) is 21.9. The van der Waals surface area contributed by atoms with E-state index >= 15 is 0 Å². The number of piperidine rings is 1. The molecule has 1 aliphatic carbocycles. The summed E-state index contributed by atoms with van der Waals surface area (Å²) in [5.74, 6) is 2.63. The van der Waals surface area contributed by atoms with Gasteiger partial charge in [-0.15, -0.1) is 5.10 Å². The number of tetrazole rings is 1. The van der Waals surface area contributed by atoms with Crippen molar-refractivity contribution in [3.05, 3.63) is 53.9 Å². The van der Waals surface area contributed by atoms with Crippen LogP contribution in [0.15, 0.2) is 36.9 Å². The van der Waals surface area contributed by atoms with Crippen LogP contribution in [0, 0.1) is 23.6 Å². The second-order valence-electron chi connectivity index (χ2n) is 9.18. The summed E-state index contributed by atoms with van der Waals surface area (Å²) in [5, 5.41) is 10.8. The molecule has 3 aromatic rings. The van der Waals surface area contributed by atoms with Gasteiger partial charge in [0.1, 0.15) is 17.8 Å². The highest BCUT2D eigenvalue weighted by molar-refractivity contribution is 5.35. The maximum absolute atomic E-state index is 14.3. The number of hydrogen-bond donors (Lipinski definition) is 0. The van der Waals surface area contributed by atoms with Crippen molar-refractivity contribution in [2.75, 3.05) is 24.6 Å². The summed E-state index contributed by atoms with van der Waals surface area (Å²) >= 11 is 0. The zero-order valence-corrected chi connectivity index (χ0v) is 19.0. The Hall–Kier alpha value is -2.94. The summed E-state index contributed by atoms with van der Waals surface area (Å²) in [6.07, 6.45) is 11.1. The van der Waals surface area contributed by atoms with Crippen molar-refractivity contribution in [3.63, 3.8) is 0 Å². The zero-order valence-electron chi connectivity index (χ0n) is 19.0. The molecule has 174 valence electrons. The van der Waals surface area contributed by atoms with Crippen LogP contribution in [-0.4, -0.2) is 49.9 Å². The number of aromatic nitrogens is 6. The third kappa shape index (κ3) is 5.19. The molecule has 5 rings (SSSR count). The summed E-state index contributed by atoms with van der Waals surface area (Å²) in [5.41, 5.74) is 2.36. The standard InChI is InChI=1S/C24H30FN7O/c1-2-3-18-12-26-24(27-13-18)31-8-6-19(7-9-31)21-11-20(21)15-33-14-17-4-5-23(22(25)10-17)32-16-28-29-30-32/h4-5,10,12-13,16,19-21H,2-3,6-9,11,14-15H2,1H3/t20-,21+/m0/s1. The van der Waals surface area contributed by atoms with E-state index in [0.29, 0.717) is 18.2 Å². The Labute approximate surface area is 193 Å². The van der Waals surface area contributed by atoms with Gasteiger partial charge in [-0.2, -0.15) is 4.68 Å². The molecule has 2 fully saturated rings. The first-order chi connectivity index (χ1) is 16.2. The molecule has 3 heterocycles. The van der Waals surface area contributed by atoms with E-state index in [-0.39, 0.29) is 5.82 Å². The molecule has 0 unspecified atom stereocenters. The van der Waals surface area contributed by atoms with E-state index in [2.05, 4.69) is 37.3 Å². The average Bonchev–Trinajstić information content (AvgIpc) is 3.40. The molecular formula is C24H30FN7O. The molecule has 1 saturated heterocycles. The molecule has 2 aliphatic rings. The Bertz CT molecular complexity index is 1040. The average molecular weight is 452 g/mol. The number of benzene rings is 1. The number of hydrogen-bond acceptors (Lipinski definition) is 7. The molecule has 0 amide bonds. The maximum atomic E-state index is 14.3. The first-order valence-electron chi connectivity index (χ1n) is 11.9. The van der Waals surface area contributed by atoms with Gasteiger partial charge in [-0.1, -0.05) is 19.4 Å². The Kier molecular flexibility index (Phi) is 6.57.